The van der Waals surface area contributed by atoms with Crippen LogP contribution in [0.1, 0.15) is 23.1 Å². The van der Waals surface area contributed by atoms with Gasteiger partial charge in [-0.1, -0.05) is 35.5 Å². The van der Waals surface area contributed by atoms with Crippen LogP contribution in [0.3, 0.4) is 0 Å². The van der Waals surface area contributed by atoms with Gasteiger partial charge in [-0.2, -0.15) is 0 Å². The summed E-state index contributed by atoms with van der Waals surface area (Å²) in [6.45, 7) is 7.54. The van der Waals surface area contributed by atoms with Gasteiger partial charge in [-0.3, -0.25) is 4.57 Å². The summed E-state index contributed by atoms with van der Waals surface area (Å²) in [5, 5.41) is 4.15. The normalized spacial score (nSPS) is 18.4. The molecule has 0 saturated carbocycles. The smallest absolute Gasteiger partial charge is 0.207 e. The lowest BCUT2D eigenvalue weighted by atomic mass is 10.00. The number of imidazole rings is 1. The zero-order chi connectivity index (χ0) is 20.9. The van der Waals surface area contributed by atoms with Crippen LogP contribution in [0.5, 0.6) is 5.75 Å². The lowest BCUT2D eigenvalue weighted by molar-refractivity contribution is 0.121. The van der Waals surface area contributed by atoms with E-state index in [1.807, 2.05) is 19.9 Å². The Hall–Kier alpha value is -3.32. The highest BCUT2D eigenvalue weighted by molar-refractivity contribution is 5.94. The van der Waals surface area contributed by atoms with Gasteiger partial charge in [0.1, 0.15) is 17.9 Å². The zero-order valence-corrected chi connectivity index (χ0v) is 17.7. The van der Waals surface area contributed by atoms with Gasteiger partial charge in [0.15, 0.2) is 5.75 Å². The standard InChI is InChI=1S/C24H24N4O3/c1-15-21(16(2)31-26-15)18-8-9-19-22-23(18)30-14-20(17-6-4-3-5-7-17)28(22)24(25-19)27-10-12-29-13-11-27/h3-9,20H,10-14H2,1-2H3. The molecule has 0 radical (unpaired) electrons. The second-order valence-electron chi connectivity index (χ2n) is 8.13. The van der Waals surface area contributed by atoms with E-state index in [4.69, 9.17) is 19.0 Å². The molecular formula is C24H24N4O3. The molecule has 2 aliphatic rings. The third-order valence-corrected chi connectivity index (χ3v) is 6.27. The van der Waals surface area contributed by atoms with Crippen molar-refractivity contribution in [3.05, 3.63) is 59.5 Å². The Balaban J connectivity index is 1.62. The van der Waals surface area contributed by atoms with Crippen molar-refractivity contribution in [1.82, 2.24) is 14.7 Å². The van der Waals surface area contributed by atoms with Gasteiger partial charge in [0.2, 0.25) is 5.95 Å². The van der Waals surface area contributed by atoms with Crippen molar-refractivity contribution in [2.45, 2.75) is 19.9 Å². The van der Waals surface area contributed by atoms with Crippen LogP contribution in [0.25, 0.3) is 22.2 Å². The first-order valence-corrected chi connectivity index (χ1v) is 10.7. The number of ether oxygens (including phenoxy) is 2. The van der Waals surface area contributed by atoms with Crippen LogP contribution in [-0.4, -0.2) is 47.6 Å². The molecule has 7 nitrogen and oxygen atoms in total. The van der Waals surface area contributed by atoms with Crippen LogP contribution in [0.15, 0.2) is 47.0 Å². The number of hydrogen-bond donors (Lipinski definition) is 0. The van der Waals surface area contributed by atoms with Crippen molar-refractivity contribution in [3.8, 4) is 16.9 Å². The molecule has 6 rings (SSSR count). The SMILES string of the molecule is Cc1noc(C)c1-c1ccc2nc(N3CCOCC3)n3c2c1OCC3c1ccccc1. The minimum Gasteiger partial charge on any atom is -0.488 e. The summed E-state index contributed by atoms with van der Waals surface area (Å²) < 4.78 is 19.9. The van der Waals surface area contributed by atoms with Crippen molar-refractivity contribution < 1.29 is 14.0 Å². The predicted octanol–water partition coefficient (Wildman–Crippen LogP) is 4.13. The molecule has 2 aliphatic heterocycles. The lowest BCUT2D eigenvalue weighted by Crippen LogP contribution is -2.39. The molecule has 31 heavy (non-hydrogen) atoms. The molecular weight excluding hydrogens is 392 g/mol. The van der Waals surface area contributed by atoms with Gasteiger partial charge >= 0.3 is 0 Å². The van der Waals surface area contributed by atoms with Gasteiger partial charge in [-0.25, -0.2) is 4.98 Å². The number of hydrogen-bond acceptors (Lipinski definition) is 6. The quantitative estimate of drug-likeness (QED) is 0.500. The maximum Gasteiger partial charge on any atom is 0.207 e. The number of rotatable bonds is 3. The van der Waals surface area contributed by atoms with E-state index in [2.05, 4.69) is 51.0 Å². The molecule has 4 heterocycles. The van der Waals surface area contributed by atoms with E-state index >= 15 is 0 Å². The minimum atomic E-state index is 0.0523. The molecule has 0 N–H and O–H groups in total. The number of aromatic nitrogens is 3. The fourth-order valence-corrected chi connectivity index (χ4v) is 4.79. The van der Waals surface area contributed by atoms with Gasteiger partial charge < -0.3 is 18.9 Å². The first-order valence-electron chi connectivity index (χ1n) is 10.7. The van der Waals surface area contributed by atoms with Crippen LogP contribution in [0, 0.1) is 13.8 Å². The van der Waals surface area contributed by atoms with Crippen molar-refractivity contribution in [1.29, 1.82) is 0 Å². The Labute approximate surface area is 180 Å². The third kappa shape index (κ3) is 2.84. The molecule has 1 atom stereocenters. The molecule has 1 unspecified atom stereocenters. The summed E-state index contributed by atoms with van der Waals surface area (Å²) in [7, 11) is 0. The summed E-state index contributed by atoms with van der Waals surface area (Å²) in [5.41, 5.74) is 6.04. The topological polar surface area (TPSA) is 65.5 Å². The number of aryl methyl sites for hydroxylation is 2. The summed E-state index contributed by atoms with van der Waals surface area (Å²) in [4.78, 5) is 7.39. The third-order valence-electron chi connectivity index (χ3n) is 6.27. The second-order valence-corrected chi connectivity index (χ2v) is 8.13. The first-order chi connectivity index (χ1) is 15.2. The van der Waals surface area contributed by atoms with E-state index in [-0.39, 0.29) is 6.04 Å². The number of morpholine rings is 1. The van der Waals surface area contributed by atoms with Crippen LogP contribution >= 0.6 is 0 Å². The molecule has 7 heteroatoms. The highest BCUT2D eigenvalue weighted by Crippen LogP contribution is 2.45. The van der Waals surface area contributed by atoms with Crippen LogP contribution in [0.2, 0.25) is 0 Å². The molecule has 2 aromatic carbocycles. The highest BCUT2D eigenvalue weighted by Gasteiger charge is 2.33. The molecule has 2 aromatic heterocycles. The van der Waals surface area contributed by atoms with Crippen molar-refractivity contribution >= 4 is 17.0 Å². The Morgan fingerprint density at radius 3 is 2.55 bits per heavy atom. The summed E-state index contributed by atoms with van der Waals surface area (Å²) >= 11 is 0. The van der Waals surface area contributed by atoms with Gasteiger partial charge in [0, 0.05) is 18.7 Å². The zero-order valence-electron chi connectivity index (χ0n) is 17.7. The van der Waals surface area contributed by atoms with Gasteiger partial charge in [-0.15, -0.1) is 0 Å². The summed E-state index contributed by atoms with van der Waals surface area (Å²) in [6, 6.07) is 14.7. The van der Waals surface area contributed by atoms with Gasteiger partial charge in [-0.05, 0) is 31.5 Å². The summed E-state index contributed by atoms with van der Waals surface area (Å²) in [6.07, 6.45) is 0. The molecule has 1 saturated heterocycles. The molecule has 158 valence electrons. The largest absolute Gasteiger partial charge is 0.488 e. The van der Waals surface area contributed by atoms with E-state index in [0.29, 0.717) is 19.8 Å². The number of anilines is 1. The second kappa shape index (κ2) is 7.13. The molecule has 1 fully saturated rings. The van der Waals surface area contributed by atoms with Gasteiger partial charge in [0.05, 0.1) is 36.0 Å². The molecule has 0 spiro atoms. The van der Waals surface area contributed by atoms with E-state index in [1.165, 1.54) is 5.56 Å². The van der Waals surface area contributed by atoms with Crippen molar-refractivity contribution in [2.75, 3.05) is 37.8 Å². The van der Waals surface area contributed by atoms with E-state index < -0.39 is 0 Å². The first kappa shape index (κ1) is 18.4. The highest BCUT2D eigenvalue weighted by atomic mass is 16.5. The predicted molar refractivity (Wildman–Crippen MR) is 118 cm³/mol. The maximum absolute atomic E-state index is 6.45. The van der Waals surface area contributed by atoms with E-state index in [9.17, 15) is 0 Å². The Morgan fingerprint density at radius 1 is 1.00 bits per heavy atom. The Kier molecular flexibility index (Phi) is 4.24. The van der Waals surface area contributed by atoms with Crippen LogP contribution < -0.4 is 9.64 Å². The summed E-state index contributed by atoms with van der Waals surface area (Å²) in [5.74, 6) is 2.63. The van der Waals surface area contributed by atoms with Crippen LogP contribution in [0.4, 0.5) is 5.95 Å². The Morgan fingerprint density at radius 2 is 1.81 bits per heavy atom. The van der Waals surface area contributed by atoms with Crippen molar-refractivity contribution in [3.63, 3.8) is 0 Å². The molecule has 0 bridgehead atoms. The van der Waals surface area contributed by atoms with E-state index in [0.717, 1.165) is 58.4 Å². The number of benzene rings is 2. The van der Waals surface area contributed by atoms with Crippen molar-refractivity contribution in [2.24, 2.45) is 0 Å². The van der Waals surface area contributed by atoms with E-state index in [1.54, 1.807) is 0 Å². The van der Waals surface area contributed by atoms with Gasteiger partial charge in [0.25, 0.3) is 0 Å². The average Bonchev–Trinajstić information content (AvgIpc) is 3.37. The fourth-order valence-electron chi connectivity index (χ4n) is 4.79. The molecule has 4 aromatic rings. The maximum atomic E-state index is 6.45. The average molecular weight is 416 g/mol. The van der Waals surface area contributed by atoms with Crippen LogP contribution in [-0.2, 0) is 4.74 Å². The Bertz CT molecular complexity index is 1240. The fraction of sp³-hybridized carbons (Fsp3) is 0.333. The molecule has 0 aliphatic carbocycles. The monoisotopic (exact) mass is 416 g/mol. The lowest BCUT2D eigenvalue weighted by Gasteiger charge is -2.33. The molecule has 0 amide bonds. The number of nitrogens with zero attached hydrogens (tertiary/aromatic N) is 4. The minimum absolute atomic E-state index is 0.0523.